The Morgan fingerprint density at radius 2 is 1.84 bits per heavy atom. The fourth-order valence-corrected chi connectivity index (χ4v) is 4.71. The summed E-state index contributed by atoms with van der Waals surface area (Å²) in [6, 6.07) is 2.01. The lowest BCUT2D eigenvalue weighted by Crippen LogP contribution is -2.67. The molecule has 110 valence electrons. The number of likely N-dealkylation sites (N-methyl/N-ethyl adjacent to an activating group) is 1. The zero-order chi connectivity index (χ0) is 13.6. The largest absolute Gasteiger partial charge is 0.329 e. The Morgan fingerprint density at radius 1 is 1.16 bits per heavy atom. The molecule has 3 rings (SSSR count). The molecule has 3 aliphatic rings. The predicted octanol–water partition coefficient (Wildman–Crippen LogP) is 0.576. The van der Waals surface area contributed by atoms with E-state index in [1.807, 2.05) is 0 Å². The number of rotatable bonds is 2. The van der Waals surface area contributed by atoms with Crippen molar-refractivity contribution in [3.8, 4) is 0 Å². The van der Waals surface area contributed by atoms with Gasteiger partial charge in [-0.05, 0) is 46.7 Å². The van der Waals surface area contributed by atoms with Gasteiger partial charge in [0.25, 0.3) is 0 Å². The van der Waals surface area contributed by atoms with E-state index in [9.17, 15) is 0 Å². The summed E-state index contributed by atoms with van der Waals surface area (Å²) in [5, 5.41) is 0. The maximum Gasteiger partial charge on any atom is 0.0500 e. The van der Waals surface area contributed by atoms with E-state index in [0.29, 0.717) is 12.1 Å². The van der Waals surface area contributed by atoms with E-state index >= 15 is 0 Å². The highest BCUT2D eigenvalue weighted by atomic mass is 15.4. The zero-order valence-electron chi connectivity index (χ0n) is 12.8. The molecule has 0 aliphatic carbocycles. The molecule has 4 atom stereocenters. The molecule has 0 bridgehead atoms. The monoisotopic (exact) mass is 266 g/mol. The maximum atomic E-state index is 6.30. The maximum absolute atomic E-state index is 6.30. The van der Waals surface area contributed by atoms with Crippen LogP contribution in [0.1, 0.15) is 33.1 Å². The van der Waals surface area contributed by atoms with Crippen LogP contribution in [0.25, 0.3) is 0 Å². The fourth-order valence-electron chi connectivity index (χ4n) is 4.71. The smallest absolute Gasteiger partial charge is 0.0500 e. The van der Waals surface area contributed by atoms with Gasteiger partial charge in [-0.3, -0.25) is 14.7 Å². The third-order valence-corrected chi connectivity index (χ3v) is 6.16. The third kappa shape index (κ3) is 2.04. The second kappa shape index (κ2) is 4.99. The molecular weight excluding hydrogens is 236 g/mol. The van der Waals surface area contributed by atoms with Gasteiger partial charge in [0.1, 0.15) is 0 Å². The van der Waals surface area contributed by atoms with Gasteiger partial charge in [0.2, 0.25) is 0 Å². The standard InChI is InChI=1S/C15H30N4/c1-12-9-19(10-13(2)17(12)3)15(11-16)6-8-18-7-4-5-14(15)18/h12-14H,4-11,16H2,1-3H3. The quantitative estimate of drug-likeness (QED) is 0.793. The number of piperazine rings is 1. The Kier molecular flexibility index (Phi) is 3.63. The highest BCUT2D eigenvalue weighted by molar-refractivity contribution is 5.11. The first-order chi connectivity index (χ1) is 9.08. The molecule has 0 radical (unpaired) electrons. The van der Waals surface area contributed by atoms with Crippen LogP contribution in [0.15, 0.2) is 0 Å². The van der Waals surface area contributed by atoms with Crippen molar-refractivity contribution < 1.29 is 0 Å². The van der Waals surface area contributed by atoms with Gasteiger partial charge in [0, 0.05) is 49.8 Å². The molecule has 19 heavy (non-hydrogen) atoms. The van der Waals surface area contributed by atoms with E-state index in [4.69, 9.17) is 5.73 Å². The molecule has 4 nitrogen and oxygen atoms in total. The summed E-state index contributed by atoms with van der Waals surface area (Å²) >= 11 is 0. The lowest BCUT2D eigenvalue weighted by atomic mass is 9.85. The van der Waals surface area contributed by atoms with Gasteiger partial charge in [-0.25, -0.2) is 0 Å². The van der Waals surface area contributed by atoms with E-state index in [-0.39, 0.29) is 5.54 Å². The van der Waals surface area contributed by atoms with Crippen LogP contribution < -0.4 is 5.73 Å². The van der Waals surface area contributed by atoms with Crippen molar-refractivity contribution in [3.63, 3.8) is 0 Å². The summed E-state index contributed by atoms with van der Waals surface area (Å²) in [6.45, 7) is 10.5. The number of hydrogen-bond donors (Lipinski definition) is 1. The van der Waals surface area contributed by atoms with Crippen molar-refractivity contribution in [2.24, 2.45) is 5.73 Å². The number of hydrogen-bond acceptors (Lipinski definition) is 4. The van der Waals surface area contributed by atoms with Gasteiger partial charge in [0.15, 0.2) is 0 Å². The van der Waals surface area contributed by atoms with Crippen molar-refractivity contribution in [2.75, 3.05) is 39.8 Å². The number of nitrogens with two attached hydrogens (primary N) is 1. The molecule has 3 fully saturated rings. The second-order valence-electron chi connectivity index (χ2n) is 7.02. The van der Waals surface area contributed by atoms with Gasteiger partial charge >= 0.3 is 0 Å². The van der Waals surface area contributed by atoms with Crippen LogP contribution >= 0.6 is 0 Å². The Hall–Kier alpha value is -0.160. The number of fused-ring (bicyclic) bond motifs is 1. The molecule has 3 saturated heterocycles. The summed E-state index contributed by atoms with van der Waals surface area (Å²) in [7, 11) is 2.26. The summed E-state index contributed by atoms with van der Waals surface area (Å²) in [4.78, 5) is 7.96. The highest BCUT2D eigenvalue weighted by Crippen LogP contribution is 2.40. The Morgan fingerprint density at radius 3 is 2.47 bits per heavy atom. The van der Waals surface area contributed by atoms with Crippen LogP contribution in [-0.4, -0.2) is 78.1 Å². The van der Waals surface area contributed by atoms with Crippen molar-refractivity contribution in [2.45, 2.75) is 56.8 Å². The van der Waals surface area contributed by atoms with Crippen molar-refractivity contribution in [3.05, 3.63) is 0 Å². The van der Waals surface area contributed by atoms with Crippen LogP contribution in [0.3, 0.4) is 0 Å². The summed E-state index contributed by atoms with van der Waals surface area (Å²) in [6.07, 6.45) is 3.99. The van der Waals surface area contributed by atoms with Gasteiger partial charge in [-0.15, -0.1) is 0 Å². The van der Waals surface area contributed by atoms with Crippen molar-refractivity contribution in [1.82, 2.24) is 14.7 Å². The van der Waals surface area contributed by atoms with Gasteiger partial charge in [-0.1, -0.05) is 0 Å². The van der Waals surface area contributed by atoms with Crippen molar-refractivity contribution in [1.29, 1.82) is 0 Å². The van der Waals surface area contributed by atoms with Crippen LogP contribution in [0.5, 0.6) is 0 Å². The Bertz CT molecular complexity index is 322. The summed E-state index contributed by atoms with van der Waals surface area (Å²) in [5.41, 5.74) is 6.56. The first kappa shape index (κ1) is 13.8. The molecule has 0 amide bonds. The second-order valence-corrected chi connectivity index (χ2v) is 7.02. The molecule has 4 unspecified atom stereocenters. The molecule has 0 aromatic rings. The molecule has 2 N–H and O–H groups in total. The molecule has 3 heterocycles. The SMILES string of the molecule is CC1CN(C2(CN)CCN3CCCC32)CC(C)N1C. The van der Waals surface area contributed by atoms with Crippen LogP contribution in [0.4, 0.5) is 0 Å². The third-order valence-electron chi connectivity index (χ3n) is 6.16. The van der Waals surface area contributed by atoms with E-state index < -0.39 is 0 Å². The molecular formula is C15H30N4. The molecule has 3 aliphatic heterocycles. The van der Waals surface area contributed by atoms with E-state index in [1.54, 1.807) is 0 Å². The minimum Gasteiger partial charge on any atom is -0.329 e. The Labute approximate surface area is 117 Å². The molecule has 0 aromatic carbocycles. The molecule has 0 aromatic heterocycles. The lowest BCUT2D eigenvalue weighted by Gasteiger charge is -2.52. The summed E-state index contributed by atoms with van der Waals surface area (Å²) < 4.78 is 0. The predicted molar refractivity (Wildman–Crippen MR) is 79.3 cm³/mol. The molecule has 0 spiro atoms. The normalized spacial score (nSPS) is 45.8. The highest BCUT2D eigenvalue weighted by Gasteiger charge is 2.52. The lowest BCUT2D eigenvalue weighted by molar-refractivity contribution is -0.0210. The Balaban J connectivity index is 1.82. The fraction of sp³-hybridized carbons (Fsp3) is 1.00. The number of nitrogens with zero attached hydrogens (tertiary/aromatic N) is 3. The van der Waals surface area contributed by atoms with Gasteiger partial charge in [0.05, 0.1) is 0 Å². The zero-order valence-corrected chi connectivity index (χ0v) is 12.8. The van der Waals surface area contributed by atoms with Crippen LogP contribution in [0, 0.1) is 0 Å². The molecule has 4 heteroatoms. The minimum absolute atomic E-state index is 0.264. The van der Waals surface area contributed by atoms with E-state index in [2.05, 4.69) is 35.6 Å². The first-order valence-electron chi connectivity index (χ1n) is 7.99. The van der Waals surface area contributed by atoms with E-state index in [1.165, 1.54) is 45.4 Å². The molecule has 0 saturated carbocycles. The van der Waals surface area contributed by atoms with Gasteiger partial charge in [-0.2, -0.15) is 0 Å². The first-order valence-corrected chi connectivity index (χ1v) is 7.99. The average molecular weight is 266 g/mol. The van der Waals surface area contributed by atoms with Crippen LogP contribution in [-0.2, 0) is 0 Å². The van der Waals surface area contributed by atoms with E-state index in [0.717, 1.165) is 12.6 Å². The topological polar surface area (TPSA) is 35.7 Å². The average Bonchev–Trinajstić information content (AvgIpc) is 2.97. The van der Waals surface area contributed by atoms with Crippen LogP contribution in [0.2, 0.25) is 0 Å². The van der Waals surface area contributed by atoms with Crippen molar-refractivity contribution >= 4 is 0 Å². The summed E-state index contributed by atoms with van der Waals surface area (Å²) in [5.74, 6) is 0. The van der Waals surface area contributed by atoms with Gasteiger partial charge < -0.3 is 5.73 Å². The minimum atomic E-state index is 0.264.